The van der Waals surface area contributed by atoms with E-state index in [0.29, 0.717) is 31.1 Å². The number of hydrogen-bond acceptors (Lipinski definition) is 4. The van der Waals surface area contributed by atoms with E-state index < -0.39 is 0 Å². The molecule has 1 atom stereocenters. The quantitative estimate of drug-likeness (QED) is 0.921. The maximum atomic E-state index is 12.8. The van der Waals surface area contributed by atoms with E-state index in [2.05, 4.69) is 4.98 Å². The Morgan fingerprint density at radius 2 is 2.12 bits per heavy atom. The average Bonchev–Trinajstić information content (AvgIpc) is 3.30. The zero-order valence-electron chi connectivity index (χ0n) is 13.1. The van der Waals surface area contributed by atoms with Crippen LogP contribution in [0.3, 0.4) is 0 Å². The van der Waals surface area contributed by atoms with E-state index >= 15 is 0 Å². The van der Waals surface area contributed by atoms with Crippen LogP contribution in [-0.4, -0.2) is 35.5 Å². The fraction of sp³-hybridized carbons (Fsp3) is 0.333. The van der Waals surface area contributed by atoms with Crippen molar-refractivity contribution >= 4 is 5.91 Å². The molecular weight excluding hydrogens is 306 g/mol. The molecule has 0 spiro atoms. The Kier molecular flexibility index (Phi) is 3.62. The van der Waals surface area contributed by atoms with Gasteiger partial charge in [-0.05, 0) is 31.0 Å². The molecule has 2 aliphatic rings. The van der Waals surface area contributed by atoms with E-state index in [9.17, 15) is 4.79 Å². The van der Waals surface area contributed by atoms with Crippen LogP contribution in [0, 0.1) is 11.3 Å². The summed E-state index contributed by atoms with van der Waals surface area (Å²) in [5.41, 5.74) is 1.83. The number of fused-ring (bicyclic) bond motifs is 1. The Morgan fingerprint density at radius 1 is 1.25 bits per heavy atom. The summed E-state index contributed by atoms with van der Waals surface area (Å²) in [7, 11) is 0. The van der Waals surface area contributed by atoms with Gasteiger partial charge in [0.2, 0.25) is 0 Å². The van der Waals surface area contributed by atoms with E-state index in [1.165, 1.54) is 0 Å². The Balaban J connectivity index is 1.66. The van der Waals surface area contributed by atoms with Crippen LogP contribution in [0.15, 0.2) is 30.3 Å². The van der Waals surface area contributed by atoms with E-state index in [4.69, 9.17) is 14.7 Å². The van der Waals surface area contributed by atoms with E-state index in [-0.39, 0.29) is 11.9 Å². The van der Waals surface area contributed by atoms with Crippen molar-refractivity contribution in [1.82, 2.24) is 9.88 Å². The van der Waals surface area contributed by atoms with Crippen molar-refractivity contribution in [3.05, 3.63) is 47.3 Å². The van der Waals surface area contributed by atoms with Crippen molar-refractivity contribution in [2.45, 2.75) is 18.9 Å². The van der Waals surface area contributed by atoms with Gasteiger partial charge in [-0.2, -0.15) is 5.26 Å². The molecule has 1 amide bonds. The van der Waals surface area contributed by atoms with Crippen molar-refractivity contribution in [3.8, 4) is 17.6 Å². The van der Waals surface area contributed by atoms with Gasteiger partial charge in [0.15, 0.2) is 11.5 Å². The number of likely N-dealkylation sites (tertiary alicyclic amines) is 1. The summed E-state index contributed by atoms with van der Waals surface area (Å²) >= 11 is 0. The van der Waals surface area contributed by atoms with Crippen LogP contribution in [-0.2, 0) is 0 Å². The first kappa shape index (κ1) is 14.6. The van der Waals surface area contributed by atoms with Crippen molar-refractivity contribution in [2.75, 3.05) is 19.8 Å². The third kappa shape index (κ3) is 2.38. The number of para-hydroxylation sites is 1. The zero-order chi connectivity index (χ0) is 16.5. The summed E-state index contributed by atoms with van der Waals surface area (Å²) in [5.74, 6) is 1.40. The van der Waals surface area contributed by atoms with Gasteiger partial charge >= 0.3 is 0 Å². The highest BCUT2D eigenvalue weighted by atomic mass is 16.6. The van der Waals surface area contributed by atoms with E-state index in [1.807, 2.05) is 29.2 Å². The third-order valence-corrected chi connectivity index (χ3v) is 4.51. The smallest absolute Gasteiger partial charge is 0.270 e. The van der Waals surface area contributed by atoms with Gasteiger partial charge in [-0.3, -0.25) is 4.79 Å². The number of hydrogen-bond donors (Lipinski definition) is 1. The van der Waals surface area contributed by atoms with Crippen molar-refractivity contribution in [3.63, 3.8) is 0 Å². The Labute approximate surface area is 139 Å². The summed E-state index contributed by atoms with van der Waals surface area (Å²) < 4.78 is 11.5. The maximum Gasteiger partial charge on any atom is 0.270 e. The normalized spacial score (nSPS) is 19.1. The molecule has 1 saturated heterocycles. The molecule has 1 aromatic carbocycles. The Morgan fingerprint density at radius 3 is 2.96 bits per heavy atom. The van der Waals surface area contributed by atoms with Gasteiger partial charge in [0.1, 0.15) is 30.7 Å². The predicted octanol–water partition coefficient (Wildman–Crippen LogP) is 2.63. The Hall–Kier alpha value is -2.94. The van der Waals surface area contributed by atoms with Crippen LogP contribution < -0.4 is 9.47 Å². The molecule has 0 radical (unpaired) electrons. The minimum Gasteiger partial charge on any atom is -0.486 e. The second kappa shape index (κ2) is 5.93. The number of H-pyrrole nitrogens is 1. The number of carbonyl (C=O) groups is 1. The number of ether oxygens (including phenoxy) is 2. The molecule has 6 nitrogen and oxygen atoms in total. The van der Waals surface area contributed by atoms with Crippen LogP contribution in [0.4, 0.5) is 0 Å². The highest BCUT2D eigenvalue weighted by Gasteiger charge is 2.34. The van der Waals surface area contributed by atoms with Crippen molar-refractivity contribution in [2.24, 2.45) is 0 Å². The van der Waals surface area contributed by atoms with Crippen LogP contribution >= 0.6 is 0 Å². The molecule has 0 saturated carbocycles. The molecule has 24 heavy (non-hydrogen) atoms. The summed E-state index contributed by atoms with van der Waals surface area (Å²) in [6.45, 7) is 1.75. The molecule has 1 N–H and O–H groups in total. The third-order valence-electron chi connectivity index (χ3n) is 4.51. The van der Waals surface area contributed by atoms with Crippen LogP contribution in [0.5, 0.6) is 11.5 Å². The largest absolute Gasteiger partial charge is 0.486 e. The lowest BCUT2D eigenvalue weighted by Crippen LogP contribution is -2.31. The first-order chi connectivity index (χ1) is 11.8. The van der Waals surface area contributed by atoms with Gasteiger partial charge in [-0.1, -0.05) is 12.1 Å². The highest BCUT2D eigenvalue weighted by molar-refractivity contribution is 5.93. The fourth-order valence-corrected chi connectivity index (χ4v) is 3.43. The molecule has 6 heteroatoms. The number of aromatic nitrogens is 1. The number of benzene rings is 1. The van der Waals surface area contributed by atoms with Crippen LogP contribution in [0.1, 0.15) is 40.6 Å². The lowest BCUT2D eigenvalue weighted by molar-refractivity contribution is 0.0725. The van der Waals surface area contributed by atoms with Gasteiger partial charge < -0.3 is 19.4 Å². The number of nitriles is 1. The zero-order valence-corrected chi connectivity index (χ0v) is 13.1. The van der Waals surface area contributed by atoms with E-state index in [1.54, 1.807) is 12.1 Å². The lowest BCUT2D eigenvalue weighted by Gasteiger charge is -2.28. The lowest BCUT2D eigenvalue weighted by atomic mass is 10.0. The summed E-state index contributed by atoms with van der Waals surface area (Å²) in [6.07, 6.45) is 1.82. The molecule has 1 aromatic heterocycles. The van der Waals surface area contributed by atoms with Crippen LogP contribution in [0.25, 0.3) is 0 Å². The molecule has 4 rings (SSSR count). The minimum atomic E-state index is -0.0895. The summed E-state index contributed by atoms with van der Waals surface area (Å²) in [6, 6.07) is 11.1. The molecule has 2 aliphatic heterocycles. The number of nitrogens with one attached hydrogen (secondary N) is 1. The van der Waals surface area contributed by atoms with Crippen LogP contribution in [0.2, 0.25) is 0 Å². The number of aromatic amines is 1. The number of nitrogens with zero attached hydrogens (tertiary/aromatic N) is 2. The van der Waals surface area contributed by atoms with Gasteiger partial charge in [0, 0.05) is 12.1 Å². The van der Waals surface area contributed by atoms with Gasteiger partial charge in [-0.25, -0.2) is 0 Å². The van der Waals surface area contributed by atoms with E-state index in [0.717, 1.165) is 29.9 Å². The fourth-order valence-electron chi connectivity index (χ4n) is 3.43. The minimum absolute atomic E-state index is 0.0389. The highest BCUT2D eigenvalue weighted by Crippen LogP contribution is 2.43. The first-order valence-electron chi connectivity index (χ1n) is 8.06. The number of amides is 1. The average molecular weight is 323 g/mol. The second-order valence-electron chi connectivity index (χ2n) is 5.93. The second-order valence-corrected chi connectivity index (χ2v) is 5.93. The molecule has 1 fully saturated rings. The summed E-state index contributed by atoms with van der Waals surface area (Å²) in [4.78, 5) is 17.6. The molecular formula is C18H17N3O3. The summed E-state index contributed by atoms with van der Waals surface area (Å²) in [5, 5.41) is 8.92. The topological polar surface area (TPSA) is 78.3 Å². The SMILES string of the molecule is N#Cc1ccc(C(=O)N2CCC[C@H]2c2cccc3c2OCCO3)[nH]1. The Bertz CT molecular complexity index is 821. The maximum absolute atomic E-state index is 12.8. The molecule has 2 aromatic rings. The standard InChI is InChI=1S/C18H17N3O3/c19-11-12-6-7-14(20-12)18(22)21-8-2-4-15(21)13-3-1-5-16-17(13)24-10-9-23-16/h1,3,5-7,15,20H,2,4,8-10H2/t15-/m0/s1. The molecule has 0 aliphatic carbocycles. The van der Waals surface area contributed by atoms with Crippen molar-refractivity contribution in [1.29, 1.82) is 5.26 Å². The number of carbonyl (C=O) groups excluding carboxylic acids is 1. The van der Waals surface area contributed by atoms with Gasteiger partial charge in [-0.15, -0.1) is 0 Å². The monoisotopic (exact) mass is 323 g/mol. The first-order valence-corrected chi connectivity index (χ1v) is 8.06. The predicted molar refractivity (Wildman–Crippen MR) is 86.0 cm³/mol. The van der Waals surface area contributed by atoms with Gasteiger partial charge in [0.05, 0.1) is 6.04 Å². The molecule has 0 bridgehead atoms. The van der Waals surface area contributed by atoms with Gasteiger partial charge in [0.25, 0.3) is 5.91 Å². The number of rotatable bonds is 2. The molecule has 3 heterocycles. The molecule has 122 valence electrons. The van der Waals surface area contributed by atoms with Crippen molar-refractivity contribution < 1.29 is 14.3 Å². The molecule has 0 unspecified atom stereocenters.